The van der Waals surface area contributed by atoms with E-state index >= 15 is 0 Å². The fourth-order valence-electron chi connectivity index (χ4n) is 9.08. The molecular weight excluding hydrogens is 729 g/mol. The van der Waals surface area contributed by atoms with Gasteiger partial charge >= 0.3 is 0 Å². The maximum atomic E-state index is 5.35. The summed E-state index contributed by atoms with van der Waals surface area (Å²) in [7, 11) is 0. The van der Waals surface area contributed by atoms with Crippen LogP contribution in [0.25, 0.3) is 121 Å². The zero-order valence-corrected chi connectivity index (χ0v) is 32.4. The molecular formula is C56H34N4. The van der Waals surface area contributed by atoms with Crippen molar-refractivity contribution in [1.29, 1.82) is 0 Å². The maximum Gasteiger partial charge on any atom is 0.164 e. The molecule has 0 atom stereocenters. The lowest BCUT2D eigenvalue weighted by Crippen LogP contribution is -2.01. The van der Waals surface area contributed by atoms with Crippen LogP contribution in [0.4, 0.5) is 0 Å². The van der Waals surface area contributed by atoms with Crippen molar-refractivity contribution in [3.63, 3.8) is 0 Å². The van der Waals surface area contributed by atoms with Crippen LogP contribution in [0.1, 0.15) is 0 Å². The standard InChI is InChI=1S/C56H34N4/c1-2-15-36(16-3-1)53-48-27-14-26-42(52(48)47-25-12-13-28-51(47)57-53)35-29-31-37(32-30-35)54-58-55(49-33-38-17-4-6-19-40(38)43-21-8-10-23-45(43)49)60-56(59-54)50-34-39-18-5-7-20-41(39)44-22-9-11-24-46(44)50/h1-34H. The van der Waals surface area contributed by atoms with Crippen molar-refractivity contribution in [3.05, 3.63) is 206 Å². The topological polar surface area (TPSA) is 51.6 Å². The first-order chi connectivity index (χ1) is 29.7. The molecule has 0 saturated heterocycles. The highest BCUT2D eigenvalue weighted by Gasteiger charge is 2.19. The van der Waals surface area contributed by atoms with Crippen molar-refractivity contribution < 1.29 is 0 Å². The number of pyridine rings is 1. The van der Waals surface area contributed by atoms with Gasteiger partial charge in [-0.05, 0) is 72.4 Å². The zero-order valence-electron chi connectivity index (χ0n) is 32.4. The Morgan fingerprint density at radius 3 is 1.33 bits per heavy atom. The van der Waals surface area contributed by atoms with Crippen molar-refractivity contribution in [3.8, 4) is 56.5 Å². The molecule has 0 unspecified atom stereocenters. The first-order valence-electron chi connectivity index (χ1n) is 20.3. The molecule has 2 heterocycles. The minimum Gasteiger partial charge on any atom is -0.247 e. The summed E-state index contributed by atoms with van der Waals surface area (Å²) >= 11 is 0. The van der Waals surface area contributed by atoms with Crippen LogP contribution in [0, 0.1) is 0 Å². The summed E-state index contributed by atoms with van der Waals surface area (Å²) in [6.07, 6.45) is 0. The van der Waals surface area contributed by atoms with Gasteiger partial charge in [-0.1, -0.05) is 188 Å². The van der Waals surface area contributed by atoms with E-state index in [1.807, 2.05) is 6.07 Å². The molecule has 0 N–H and O–H groups in total. The lowest BCUT2D eigenvalue weighted by Gasteiger charge is -2.15. The Kier molecular flexibility index (Phi) is 7.82. The third-order valence-electron chi connectivity index (χ3n) is 11.9. The molecule has 2 aromatic heterocycles. The van der Waals surface area contributed by atoms with Crippen LogP contribution >= 0.6 is 0 Å². The third-order valence-corrected chi connectivity index (χ3v) is 11.9. The van der Waals surface area contributed by atoms with E-state index in [4.69, 9.17) is 19.9 Å². The van der Waals surface area contributed by atoms with Gasteiger partial charge in [-0.25, -0.2) is 19.9 Å². The zero-order chi connectivity index (χ0) is 39.6. The van der Waals surface area contributed by atoms with Gasteiger partial charge in [0.15, 0.2) is 17.5 Å². The van der Waals surface area contributed by atoms with Crippen molar-refractivity contribution in [2.75, 3.05) is 0 Å². The molecule has 0 bridgehead atoms. The maximum absolute atomic E-state index is 5.35. The highest BCUT2D eigenvalue weighted by atomic mass is 15.0. The average Bonchev–Trinajstić information content (AvgIpc) is 3.33. The average molecular weight is 763 g/mol. The van der Waals surface area contributed by atoms with Gasteiger partial charge in [0.2, 0.25) is 0 Å². The van der Waals surface area contributed by atoms with Crippen molar-refractivity contribution in [2.45, 2.75) is 0 Å². The van der Waals surface area contributed by atoms with E-state index in [1.165, 1.54) is 26.9 Å². The molecule has 0 fully saturated rings. The Morgan fingerprint density at radius 2 is 0.717 bits per heavy atom. The Bertz CT molecular complexity index is 3510. The molecule has 60 heavy (non-hydrogen) atoms. The van der Waals surface area contributed by atoms with Gasteiger partial charge in [0.05, 0.1) is 11.2 Å². The lowest BCUT2D eigenvalue weighted by molar-refractivity contribution is 1.08. The monoisotopic (exact) mass is 762 g/mol. The molecule has 0 aliphatic rings. The summed E-state index contributed by atoms with van der Waals surface area (Å²) in [5.74, 6) is 1.90. The van der Waals surface area contributed by atoms with Crippen LogP contribution in [0.15, 0.2) is 206 Å². The minimum absolute atomic E-state index is 0.620. The van der Waals surface area contributed by atoms with E-state index in [9.17, 15) is 0 Å². The fourth-order valence-corrected chi connectivity index (χ4v) is 9.08. The molecule has 0 aliphatic heterocycles. The smallest absolute Gasteiger partial charge is 0.164 e. The van der Waals surface area contributed by atoms with Crippen LogP contribution in [0.5, 0.6) is 0 Å². The number of benzene rings is 10. The SMILES string of the molecule is c1ccc(-c2nc3ccccc3c3c(-c4ccc(-c5nc(-c6cc7ccccc7c7ccccc67)nc(-c6cc7ccccc7c7ccccc67)n5)cc4)cccc23)cc1. The Hall–Kier alpha value is -8.08. The summed E-state index contributed by atoms with van der Waals surface area (Å²) in [4.78, 5) is 21.1. The van der Waals surface area contributed by atoms with E-state index in [-0.39, 0.29) is 0 Å². The molecule has 0 amide bonds. The normalized spacial score (nSPS) is 11.7. The van der Waals surface area contributed by atoms with E-state index in [1.54, 1.807) is 0 Å². The Balaban J connectivity index is 1.07. The van der Waals surface area contributed by atoms with E-state index in [2.05, 4.69) is 200 Å². The van der Waals surface area contributed by atoms with Gasteiger partial charge in [-0.3, -0.25) is 0 Å². The Morgan fingerprint density at radius 1 is 0.250 bits per heavy atom. The molecule has 12 rings (SSSR count). The summed E-state index contributed by atoms with van der Waals surface area (Å²) in [5.41, 5.74) is 8.17. The van der Waals surface area contributed by atoms with Gasteiger partial charge in [0, 0.05) is 38.4 Å². The minimum atomic E-state index is 0.620. The molecule has 4 heteroatoms. The number of fused-ring (bicyclic) bond motifs is 9. The number of para-hydroxylation sites is 1. The summed E-state index contributed by atoms with van der Waals surface area (Å²) in [6.45, 7) is 0. The quantitative estimate of drug-likeness (QED) is 0.164. The Labute approximate surface area is 346 Å². The predicted octanol–water partition coefficient (Wildman–Crippen LogP) is 14.5. The highest BCUT2D eigenvalue weighted by molar-refractivity contribution is 6.18. The largest absolute Gasteiger partial charge is 0.247 e. The second-order valence-electron chi connectivity index (χ2n) is 15.3. The highest BCUT2D eigenvalue weighted by Crippen LogP contribution is 2.41. The molecule has 4 nitrogen and oxygen atoms in total. The van der Waals surface area contributed by atoms with E-state index in [0.717, 1.165) is 76.9 Å². The van der Waals surface area contributed by atoms with Gasteiger partial charge < -0.3 is 0 Å². The van der Waals surface area contributed by atoms with Crippen LogP contribution in [-0.2, 0) is 0 Å². The first kappa shape index (κ1) is 34.0. The van der Waals surface area contributed by atoms with Crippen molar-refractivity contribution in [1.82, 2.24) is 19.9 Å². The van der Waals surface area contributed by atoms with Crippen LogP contribution in [-0.4, -0.2) is 19.9 Å². The number of nitrogens with zero attached hydrogens (tertiary/aromatic N) is 4. The lowest BCUT2D eigenvalue weighted by atomic mass is 9.92. The number of aromatic nitrogens is 4. The molecule has 10 aromatic carbocycles. The second-order valence-corrected chi connectivity index (χ2v) is 15.3. The molecule has 278 valence electrons. The third kappa shape index (κ3) is 5.53. The number of hydrogen-bond donors (Lipinski definition) is 0. The molecule has 12 aromatic rings. The fraction of sp³-hybridized carbons (Fsp3) is 0. The van der Waals surface area contributed by atoms with Gasteiger partial charge in [-0.15, -0.1) is 0 Å². The van der Waals surface area contributed by atoms with Crippen molar-refractivity contribution >= 4 is 64.8 Å². The predicted molar refractivity (Wildman–Crippen MR) is 250 cm³/mol. The summed E-state index contributed by atoms with van der Waals surface area (Å²) in [5, 5.41) is 12.7. The van der Waals surface area contributed by atoms with Crippen molar-refractivity contribution in [2.24, 2.45) is 0 Å². The number of rotatable bonds is 5. The van der Waals surface area contributed by atoms with Gasteiger partial charge in [0.1, 0.15) is 0 Å². The van der Waals surface area contributed by atoms with Crippen LogP contribution < -0.4 is 0 Å². The van der Waals surface area contributed by atoms with Gasteiger partial charge in [-0.2, -0.15) is 0 Å². The summed E-state index contributed by atoms with van der Waals surface area (Å²) in [6, 6.07) is 72.8. The molecule has 0 saturated carbocycles. The van der Waals surface area contributed by atoms with E-state index < -0.39 is 0 Å². The van der Waals surface area contributed by atoms with Gasteiger partial charge in [0.25, 0.3) is 0 Å². The van der Waals surface area contributed by atoms with Crippen LogP contribution in [0.2, 0.25) is 0 Å². The van der Waals surface area contributed by atoms with Crippen LogP contribution in [0.3, 0.4) is 0 Å². The molecule has 0 radical (unpaired) electrons. The molecule has 0 aliphatic carbocycles. The van der Waals surface area contributed by atoms with E-state index in [0.29, 0.717) is 17.5 Å². The molecule has 0 spiro atoms. The number of hydrogen-bond acceptors (Lipinski definition) is 4. The summed E-state index contributed by atoms with van der Waals surface area (Å²) < 4.78 is 0. The second kappa shape index (κ2) is 13.8. The first-order valence-corrected chi connectivity index (χ1v) is 20.3.